The van der Waals surface area contributed by atoms with E-state index in [4.69, 9.17) is 0 Å². The van der Waals surface area contributed by atoms with Gasteiger partial charge in [-0.2, -0.15) is 5.26 Å². The Labute approximate surface area is 121 Å². The molecule has 0 spiro atoms. The Morgan fingerprint density at radius 3 is 2.50 bits per heavy atom. The van der Waals surface area contributed by atoms with Crippen molar-refractivity contribution in [2.24, 2.45) is 11.3 Å². The molecule has 1 fully saturated rings. The van der Waals surface area contributed by atoms with Gasteiger partial charge in [0.1, 0.15) is 0 Å². The molecule has 20 heavy (non-hydrogen) atoms. The maximum atomic E-state index is 10.7. The molecule has 3 atom stereocenters. The summed E-state index contributed by atoms with van der Waals surface area (Å²) >= 11 is 0. The van der Waals surface area contributed by atoms with Gasteiger partial charge in [-0.15, -0.1) is 0 Å². The third kappa shape index (κ3) is 2.66. The molecule has 1 aliphatic carbocycles. The van der Waals surface area contributed by atoms with Crippen LogP contribution in [0.2, 0.25) is 0 Å². The largest absolute Gasteiger partial charge is 0.387 e. The van der Waals surface area contributed by atoms with Gasteiger partial charge in [0.05, 0.1) is 17.6 Å². The normalized spacial score (nSPS) is 27.1. The molecule has 1 N–H and O–H groups in total. The van der Waals surface area contributed by atoms with E-state index in [0.717, 1.165) is 36.9 Å². The van der Waals surface area contributed by atoms with Crippen LogP contribution in [-0.2, 0) is 0 Å². The zero-order chi connectivity index (χ0) is 14.8. The molecule has 0 aromatic heterocycles. The zero-order valence-corrected chi connectivity index (χ0v) is 12.6. The van der Waals surface area contributed by atoms with Gasteiger partial charge in [-0.1, -0.05) is 25.5 Å². The van der Waals surface area contributed by atoms with Crippen molar-refractivity contribution >= 4 is 5.69 Å². The molecule has 108 valence electrons. The Bertz CT molecular complexity index is 489. The predicted molar refractivity (Wildman–Crippen MR) is 81.4 cm³/mol. The second-order valence-corrected chi connectivity index (χ2v) is 6.17. The second-order valence-electron chi connectivity index (χ2n) is 6.17. The Hall–Kier alpha value is -1.53. The van der Waals surface area contributed by atoms with Crippen molar-refractivity contribution in [3.05, 3.63) is 29.8 Å². The lowest BCUT2D eigenvalue weighted by Gasteiger charge is -2.28. The molecule has 2 rings (SSSR count). The van der Waals surface area contributed by atoms with Gasteiger partial charge in [-0.3, -0.25) is 0 Å². The minimum absolute atomic E-state index is 0.574. The second kappa shape index (κ2) is 5.85. The first kappa shape index (κ1) is 14.9. The first-order valence-corrected chi connectivity index (χ1v) is 7.39. The van der Waals surface area contributed by atoms with Crippen molar-refractivity contribution in [3.63, 3.8) is 0 Å². The summed E-state index contributed by atoms with van der Waals surface area (Å²) in [6.07, 6.45) is 3.09. The molecule has 0 bridgehead atoms. The van der Waals surface area contributed by atoms with E-state index < -0.39 is 11.5 Å². The molecule has 0 saturated heterocycles. The van der Waals surface area contributed by atoms with E-state index in [-0.39, 0.29) is 0 Å². The molecular weight excluding hydrogens is 248 g/mol. The van der Waals surface area contributed by atoms with Crippen molar-refractivity contribution in [1.29, 1.82) is 5.26 Å². The van der Waals surface area contributed by atoms with Crippen molar-refractivity contribution in [3.8, 4) is 6.07 Å². The van der Waals surface area contributed by atoms with Crippen molar-refractivity contribution in [2.75, 3.05) is 19.0 Å². The molecule has 0 aliphatic heterocycles. The highest BCUT2D eigenvalue weighted by molar-refractivity contribution is 5.46. The van der Waals surface area contributed by atoms with Gasteiger partial charge in [0.2, 0.25) is 0 Å². The minimum atomic E-state index is -0.680. The maximum Gasteiger partial charge on any atom is 0.0976 e. The van der Waals surface area contributed by atoms with E-state index in [0.29, 0.717) is 5.92 Å². The highest BCUT2D eigenvalue weighted by atomic mass is 16.3. The summed E-state index contributed by atoms with van der Waals surface area (Å²) in [7, 11) is 3.98. The van der Waals surface area contributed by atoms with E-state index in [1.807, 2.05) is 43.3 Å². The fraction of sp³-hybridized carbons (Fsp3) is 0.588. The smallest absolute Gasteiger partial charge is 0.0976 e. The van der Waals surface area contributed by atoms with E-state index in [2.05, 4.69) is 13.0 Å². The number of benzene rings is 1. The summed E-state index contributed by atoms with van der Waals surface area (Å²) in [5.74, 6) is 0.574. The lowest BCUT2D eigenvalue weighted by atomic mass is 9.78. The molecule has 1 aromatic carbocycles. The van der Waals surface area contributed by atoms with Gasteiger partial charge in [0, 0.05) is 19.8 Å². The van der Waals surface area contributed by atoms with Gasteiger partial charge in [-0.05, 0) is 42.9 Å². The Morgan fingerprint density at radius 1 is 1.40 bits per heavy atom. The monoisotopic (exact) mass is 272 g/mol. The summed E-state index contributed by atoms with van der Waals surface area (Å²) in [5, 5.41) is 20.3. The summed E-state index contributed by atoms with van der Waals surface area (Å²) in [6.45, 7) is 2.16. The first-order chi connectivity index (χ1) is 9.52. The first-order valence-electron chi connectivity index (χ1n) is 7.39. The summed E-state index contributed by atoms with van der Waals surface area (Å²) in [4.78, 5) is 2.03. The molecule has 0 radical (unpaired) electrons. The van der Waals surface area contributed by atoms with E-state index >= 15 is 0 Å². The van der Waals surface area contributed by atoms with Crippen molar-refractivity contribution < 1.29 is 5.11 Å². The quantitative estimate of drug-likeness (QED) is 0.912. The molecule has 1 saturated carbocycles. The van der Waals surface area contributed by atoms with Crippen LogP contribution in [-0.4, -0.2) is 19.2 Å². The number of hydrogen-bond acceptors (Lipinski definition) is 3. The fourth-order valence-corrected chi connectivity index (χ4v) is 3.21. The number of aliphatic hydroxyl groups is 1. The van der Waals surface area contributed by atoms with Crippen molar-refractivity contribution in [1.82, 2.24) is 0 Å². The van der Waals surface area contributed by atoms with Crippen LogP contribution in [0.1, 0.15) is 44.3 Å². The average Bonchev–Trinajstić information content (AvgIpc) is 2.91. The van der Waals surface area contributed by atoms with Crippen LogP contribution in [0, 0.1) is 22.7 Å². The number of rotatable bonds is 4. The lowest BCUT2D eigenvalue weighted by Crippen LogP contribution is -2.24. The Balaban J connectivity index is 2.21. The van der Waals surface area contributed by atoms with Crippen LogP contribution in [0.3, 0.4) is 0 Å². The van der Waals surface area contributed by atoms with E-state index in [1.54, 1.807) is 0 Å². The molecule has 0 heterocycles. The average molecular weight is 272 g/mol. The van der Waals surface area contributed by atoms with Gasteiger partial charge in [-0.25, -0.2) is 0 Å². The fourth-order valence-electron chi connectivity index (χ4n) is 3.21. The number of nitrogens with zero attached hydrogens (tertiary/aromatic N) is 2. The van der Waals surface area contributed by atoms with Crippen LogP contribution >= 0.6 is 0 Å². The molecule has 1 aromatic rings. The zero-order valence-electron chi connectivity index (χ0n) is 12.6. The third-order valence-electron chi connectivity index (χ3n) is 4.70. The number of hydrogen-bond donors (Lipinski definition) is 1. The Kier molecular flexibility index (Phi) is 4.35. The van der Waals surface area contributed by atoms with Gasteiger partial charge in [0.15, 0.2) is 0 Å². The lowest BCUT2D eigenvalue weighted by molar-refractivity contribution is 0.0641. The third-order valence-corrected chi connectivity index (χ3v) is 4.70. The summed E-state index contributed by atoms with van der Waals surface area (Å²) < 4.78 is 0. The molecular formula is C17H24N2O. The van der Waals surface area contributed by atoms with Crippen LogP contribution in [0.25, 0.3) is 0 Å². The number of aliphatic hydroxyl groups excluding tert-OH is 1. The van der Waals surface area contributed by atoms with Crippen LogP contribution < -0.4 is 4.90 Å². The van der Waals surface area contributed by atoms with Crippen LogP contribution in [0.5, 0.6) is 0 Å². The molecule has 3 nitrogen and oxygen atoms in total. The van der Waals surface area contributed by atoms with Crippen LogP contribution in [0.15, 0.2) is 24.3 Å². The Morgan fingerprint density at radius 2 is 2.05 bits per heavy atom. The van der Waals surface area contributed by atoms with Crippen molar-refractivity contribution in [2.45, 2.75) is 38.7 Å². The molecule has 1 aliphatic rings. The minimum Gasteiger partial charge on any atom is -0.387 e. The SMILES string of the molecule is CCC1CCC(C#N)(C(O)c2ccc(N(C)C)cc2)C1. The van der Waals surface area contributed by atoms with E-state index in [9.17, 15) is 10.4 Å². The molecule has 0 amide bonds. The van der Waals surface area contributed by atoms with Crippen LogP contribution in [0.4, 0.5) is 5.69 Å². The topological polar surface area (TPSA) is 47.3 Å². The van der Waals surface area contributed by atoms with E-state index in [1.165, 1.54) is 0 Å². The maximum absolute atomic E-state index is 10.7. The summed E-state index contributed by atoms with van der Waals surface area (Å²) in [6, 6.07) is 10.3. The standard InChI is InChI=1S/C17H24N2O/c1-4-13-9-10-17(11-13,12-18)16(20)14-5-7-15(8-6-14)19(2)3/h5-8,13,16,20H,4,9-11H2,1-3H3. The highest BCUT2D eigenvalue weighted by Gasteiger charge is 2.45. The molecule has 3 heteroatoms. The van der Waals surface area contributed by atoms with Gasteiger partial charge >= 0.3 is 0 Å². The molecule has 3 unspecified atom stereocenters. The summed E-state index contributed by atoms with van der Waals surface area (Å²) in [5.41, 5.74) is 1.36. The van der Waals surface area contributed by atoms with Gasteiger partial charge < -0.3 is 10.0 Å². The highest BCUT2D eigenvalue weighted by Crippen LogP contribution is 2.50. The predicted octanol–water partition coefficient (Wildman–Crippen LogP) is 3.51. The number of anilines is 1. The number of nitriles is 1. The van der Waals surface area contributed by atoms with Gasteiger partial charge in [0.25, 0.3) is 0 Å².